The first-order chi connectivity index (χ1) is 10.2. The molecule has 6 nitrogen and oxygen atoms in total. The van der Waals surface area contributed by atoms with Gasteiger partial charge in [-0.15, -0.1) is 34.2 Å². The second-order valence-corrected chi connectivity index (χ2v) is 4.91. The summed E-state index contributed by atoms with van der Waals surface area (Å²) in [6.07, 6.45) is 1.74. The van der Waals surface area contributed by atoms with Gasteiger partial charge in [0.1, 0.15) is 6.33 Å². The molecule has 0 aliphatic rings. The van der Waals surface area contributed by atoms with Crippen LogP contribution in [0.3, 0.4) is 0 Å². The molecule has 1 aromatic heterocycles. The van der Waals surface area contributed by atoms with Crippen molar-refractivity contribution in [3.05, 3.63) is 48.0 Å². The molecule has 0 saturated carbocycles. The van der Waals surface area contributed by atoms with E-state index in [9.17, 15) is 0 Å². The van der Waals surface area contributed by atoms with Crippen LogP contribution in [-0.4, -0.2) is 39.7 Å². The molecule has 0 aliphatic carbocycles. The molecule has 0 spiro atoms. The predicted molar refractivity (Wildman–Crippen MR) is 99.2 cm³/mol. The van der Waals surface area contributed by atoms with Crippen LogP contribution in [-0.2, 0) is 19.6 Å². The molecule has 0 saturated heterocycles. The lowest BCUT2D eigenvalue weighted by atomic mass is 10.2. The summed E-state index contributed by atoms with van der Waals surface area (Å²) in [5.74, 6) is 1.75. The molecule has 1 heterocycles. The molecule has 120 valence electrons. The number of aryl methyl sites for hydroxylation is 1. The zero-order valence-electron chi connectivity index (χ0n) is 13.2. The van der Waals surface area contributed by atoms with Crippen molar-refractivity contribution in [2.24, 2.45) is 4.99 Å². The lowest BCUT2D eigenvalue weighted by Gasteiger charge is -2.17. The maximum Gasteiger partial charge on any atom is 0.194 e. The maximum atomic E-state index is 4.62. The molecule has 2 aromatic rings. The molecule has 0 fully saturated rings. The zero-order valence-corrected chi connectivity index (χ0v) is 15.6. The Morgan fingerprint density at radius 1 is 1.27 bits per heavy atom. The SMILES string of the molecule is CCn1cnnc1CNC(=NCc1ccccc1)N(C)C.I. The van der Waals surface area contributed by atoms with E-state index in [0.29, 0.717) is 13.1 Å². The summed E-state index contributed by atoms with van der Waals surface area (Å²) >= 11 is 0. The fourth-order valence-electron chi connectivity index (χ4n) is 1.94. The highest BCUT2D eigenvalue weighted by Crippen LogP contribution is 2.01. The number of aliphatic imine (C=N–C) groups is 1. The van der Waals surface area contributed by atoms with Gasteiger partial charge >= 0.3 is 0 Å². The standard InChI is InChI=1S/C15H22N6.HI/c1-4-21-12-18-19-14(21)11-17-15(20(2)3)16-10-13-8-6-5-7-9-13;/h5-9,12H,4,10-11H2,1-3H3,(H,16,17);1H. The van der Waals surface area contributed by atoms with Gasteiger partial charge in [0, 0.05) is 20.6 Å². The first-order valence-corrected chi connectivity index (χ1v) is 7.07. The first-order valence-electron chi connectivity index (χ1n) is 7.07. The van der Waals surface area contributed by atoms with Gasteiger partial charge < -0.3 is 14.8 Å². The Bertz CT molecular complexity index is 579. The number of guanidine groups is 1. The molecule has 0 amide bonds. The van der Waals surface area contributed by atoms with Crippen LogP contribution in [0.25, 0.3) is 0 Å². The van der Waals surface area contributed by atoms with Crippen molar-refractivity contribution in [3.63, 3.8) is 0 Å². The Hall–Kier alpha value is -1.64. The van der Waals surface area contributed by atoms with Crippen molar-refractivity contribution in [1.29, 1.82) is 0 Å². The van der Waals surface area contributed by atoms with Gasteiger partial charge in [-0.25, -0.2) is 4.99 Å². The summed E-state index contributed by atoms with van der Waals surface area (Å²) in [6.45, 7) is 4.20. The van der Waals surface area contributed by atoms with E-state index in [2.05, 4.69) is 39.6 Å². The average Bonchev–Trinajstić information content (AvgIpc) is 2.95. The fourth-order valence-corrected chi connectivity index (χ4v) is 1.94. The minimum atomic E-state index is 0. The Morgan fingerprint density at radius 3 is 2.64 bits per heavy atom. The molecule has 1 N–H and O–H groups in total. The normalized spacial score (nSPS) is 11.0. The van der Waals surface area contributed by atoms with Gasteiger partial charge in [0.15, 0.2) is 11.8 Å². The summed E-state index contributed by atoms with van der Waals surface area (Å²) in [6, 6.07) is 10.2. The molecule has 7 heteroatoms. The number of aromatic nitrogens is 3. The molecule has 2 rings (SSSR count). The molecule has 0 bridgehead atoms. The van der Waals surface area contributed by atoms with Gasteiger partial charge in [-0.1, -0.05) is 30.3 Å². The molecular formula is C15H23IN6. The van der Waals surface area contributed by atoms with E-state index in [1.807, 2.05) is 41.8 Å². The van der Waals surface area contributed by atoms with Crippen LogP contribution in [0.5, 0.6) is 0 Å². The Kier molecular flexibility index (Phi) is 7.86. The monoisotopic (exact) mass is 414 g/mol. The molecule has 1 aromatic carbocycles. The number of nitrogens with zero attached hydrogens (tertiary/aromatic N) is 5. The third-order valence-electron chi connectivity index (χ3n) is 3.12. The Labute approximate surface area is 148 Å². The number of hydrogen-bond donors (Lipinski definition) is 1. The minimum Gasteiger partial charge on any atom is -0.349 e. The Balaban J connectivity index is 0.00000242. The lowest BCUT2D eigenvalue weighted by Crippen LogP contribution is -2.36. The molecule has 0 aliphatic heterocycles. The lowest BCUT2D eigenvalue weighted by molar-refractivity contribution is 0.568. The molecule has 22 heavy (non-hydrogen) atoms. The van der Waals surface area contributed by atoms with Crippen molar-refractivity contribution in [3.8, 4) is 0 Å². The zero-order chi connectivity index (χ0) is 15.1. The molecular weight excluding hydrogens is 391 g/mol. The first kappa shape index (κ1) is 18.4. The highest BCUT2D eigenvalue weighted by Gasteiger charge is 2.06. The third-order valence-corrected chi connectivity index (χ3v) is 3.12. The second-order valence-electron chi connectivity index (χ2n) is 4.91. The van der Waals surface area contributed by atoms with Crippen molar-refractivity contribution in [1.82, 2.24) is 25.0 Å². The molecule has 0 atom stereocenters. The van der Waals surface area contributed by atoms with E-state index in [4.69, 9.17) is 0 Å². The van der Waals surface area contributed by atoms with Crippen LogP contribution in [0.2, 0.25) is 0 Å². The number of nitrogens with one attached hydrogen (secondary N) is 1. The van der Waals surface area contributed by atoms with Crippen LogP contribution >= 0.6 is 24.0 Å². The highest BCUT2D eigenvalue weighted by atomic mass is 127. The van der Waals surface area contributed by atoms with Crippen LogP contribution in [0.4, 0.5) is 0 Å². The summed E-state index contributed by atoms with van der Waals surface area (Å²) < 4.78 is 2.01. The summed E-state index contributed by atoms with van der Waals surface area (Å²) in [5.41, 5.74) is 1.19. The largest absolute Gasteiger partial charge is 0.349 e. The van der Waals surface area contributed by atoms with E-state index in [0.717, 1.165) is 18.3 Å². The number of halogens is 1. The van der Waals surface area contributed by atoms with E-state index in [-0.39, 0.29) is 24.0 Å². The van der Waals surface area contributed by atoms with Crippen LogP contribution in [0, 0.1) is 0 Å². The van der Waals surface area contributed by atoms with E-state index >= 15 is 0 Å². The van der Waals surface area contributed by atoms with Gasteiger partial charge in [0.25, 0.3) is 0 Å². The van der Waals surface area contributed by atoms with Crippen molar-refractivity contribution in [2.75, 3.05) is 14.1 Å². The predicted octanol–water partition coefficient (Wildman–Crippen LogP) is 2.12. The van der Waals surface area contributed by atoms with Gasteiger partial charge in [0.2, 0.25) is 0 Å². The molecule has 0 radical (unpaired) electrons. The van der Waals surface area contributed by atoms with Crippen LogP contribution in [0.1, 0.15) is 18.3 Å². The van der Waals surface area contributed by atoms with E-state index < -0.39 is 0 Å². The Morgan fingerprint density at radius 2 is 2.00 bits per heavy atom. The number of benzene rings is 1. The van der Waals surface area contributed by atoms with Gasteiger partial charge in [-0.2, -0.15) is 0 Å². The number of hydrogen-bond acceptors (Lipinski definition) is 3. The number of rotatable bonds is 5. The summed E-state index contributed by atoms with van der Waals surface area (Å²) in [5, 5.41) is 11.4. The van der Waals surface area contributed by atoms with Gasteiger partial charge in [-0.05, 0) is 12.5 Å². The maximum absolute atomic E-state index is 4.62. The van der Waals surface area contributed by atoms with Crippen molar-refractivity contribution < 1.29 is 0 Å². The second kappa shape index (κ2) is 9.39. The quantitative estimate of drug-likeness (QED) is 0.463. The summed E-state index contributed by atoms with van der Waals surface area (Å²) in [7, 11) is 3.95. The van der Waals surface area contributed by atoms with Crippen molar-refractivity contribution in [2.45, 2.75) is 26.6 Å². The van der Waals surface area contributed by atoms with E-state index in [1.54, 1.807) is 6.33 Å². The molecule has 0 unspecified atom stereocenters. The van der Waals surface area contributed by atoms with Crippen LogP contribution < -0.4 is 5.32 Å². The summed E-state index contributed by atoms with van der Waals surface area (Å²) in [4.78, 5) is 6.59. The average molecular weight is 414 g/mol. The topological polar surface area (TPSA) is 58.3 Å². The van der Waals surface area contributed by atoms with Gasteiger partial charge in [-0.3, -0.25) is 0 Å². The smallest absolute Gasteiger partial charge is 0.194 e. The third kappa shape index (κ3) is 5.28. The highest BCUT2D eigenvalue weighted by molar-refractivity contribution is 14.0. The van der Waals surface area contributed by atoms with Crippen LogP contribution in [0.15, 0.2) is 41.7 Å². The van der Waals surface area contributed by atoms with Gasteiger partial charge in [0.05, 0.1) is 13.1 Å². The van der Waals surface area contributed by atoms with E-state index in [1.165, 1.54) is 5.56 Å². The minimum absolute atomic E-state index is 0. The van der Waals surface area contributed by atoms with Crippen molar-refractivity contribution >= 4 is 29.9 Å². The fraction of sp³-hybridized carbons (Fsp3) is 0.400.